The summed E-state index contributed by atoms with van der Waals surface area (Å²) in [7, 11) is 5.20. The monoisotopic (exact) mass is 294 g/mol. The molecule has 0 atom stereocenters. The lowest BCUT2D eigenvalue weighted by Crippen LogP contribution is -2.21. The summed E-state index contributed by atoms with van der Waals surface area (Å²) in [6, 6.07) is 8.12. The van der Waals surface area contributed by atoms with Crippen molar-refractivity contribution < 1.29 is 0 Å². The Bertz CT molecular complexity index is 637. The van der Waals surface area contributed by atoms with Crippen molar-refractivity contribution in [2.75, 3.05) is 29.0 Å². The average Bonchev–Trinajstić information content (AvgIpc) is 2.53. The van der Waals surface area contributed by atoms with E-state index in [2.05, 4.69) is 51.1 Å². The quantitative estimate of drug-likeness (QED) is 0.630. The first-order valence-electron chi connectivity index (χ1n) is 7.15. The molecule has 22 heavy (non-hydrogen) atoms. The molecule has 6 nitrogen and oxygen atoms in total. The van der Waals surface area contributed by atoms with E-state index in [0.29, 0.717) is 17.2 Å². The SMILES string of the molecule is [B]N=Cc1c(N)ncnc1Nc1ccc(N(CC)CC)cc1. The first kappa shape index (κ1) is 15.8. The summed E-state index contributed by atoms with van der Waals surface area (Å²) in [5, 5.41) is 3.20. The van der Waals surface area contributed by atoms with E-state index in [9.17, 15) is 0 Å². The maximum absolute atomic E-state index is 5.82. The Kier molecular flexibility index (Phi) is 5.35. The van der Waals surface area contributed by atoms with Crippen molar-refractivity contribution in [2.45, 2.75) is 13.8 Å². The number of nitrogens with two attached hydrogens (primary N) is 1. The molecule has 2 radical (unpaired) electrons. The van der Waals surface area contributed by atoms with Gasteiger partial charge in [-0.15, -0.1) is 0 Å². The Morgan fingerprint density at radius 3 is 2.50 bits per heavy atom. The summed E-state index contributed by atoms with van der Waals surface area (Å²) in [6.07, 6.45) is 2.83. The molecule has 2 aromatic rings. The number of hydrogen-bond acceptors (Lipinski definition) is 6. The number of rotatable bonds is 6. The normalized spacial score (nSPS) is 10.8. The highest BCUT2D eigenvalue weighted by Gasteiger charge is 2.07. The van der Waals surface area contributed by atoms with Gasteiger partial charge in [-0.2, -0.15) is 0 Å². The van der Waals surface area contributed by atoms with Crippen LogP contribution >= 0.6 is 0 Å². The van der Waals surface area contributed by atoms with E-state index in [1.54, 1.807) is 0 Å². The van der Waals surface area contributed by atoms with Crippen LogP contribution in [0.2, 0.25) is 0 Å². The second-order valence-electron chi connectivity index (χ2n) is 4.64. The maximum atomic E-state index is 5.82. The molecule has 7 heteroatoms. The lowest BCUT2D eigenvalue weighted by Gasteiger charge is -2.21. The van der Waals surface area contributed by atoms with Gasteiger partial charge in [0.25, 0.3) is 7.98 Å². The summed E-state index contributed by atoms with van der Waals surface area (Å²) < 4.78 is 0. The van der Waals surface area contributed by atoms with Crippen LogP contribution in [0.4, 0.5) is 23.0 Å². The van der Waals surface area contributed by atoms with Crippen molar-refractivity contribution in [3.63, 3.8) is 0 Å². The van der Waals surface area contributed by atoms with Gasteiger partial charge in [0, 0.05) is 30.7 Å². The molecule has 1 heterocycles. The van der Waals surface area contributed by atoms with Gasteiger partial charge in [-0.05, 0) is 38.1 Å². The predicted octanol–water partition coefficient (Wildman–Crippen LogP) is 2.15. The van der Waals surface area contributed by atoms with Gasteiger partial charge in [0.05, 0.1) is 5.56 Å². The average molecular weight is 294 g/mol. The molecule has 112 valence electrons. The van der Waals surface area contributed by atoms with Crippen LogP contribution < -0.4 is 16.0 Å². The van der Waals surface area contributed by atoms with Gasteiger partial charge in [0.2, 0.25) is 0 Å². The minimum atomic E-state index is 0.325. The lowest BCUT2D eigenvalue weighted by molar-refractivity contribution is 0.866. The van der Waals surface area contributed by atoms with Crippen molar-refractivity contribution in [3.8, 4) is 0 Å². The van der Waals surface area contributed by atoms with Crippen LogP contribution in [0.3, 0.4) is 0 Å². The number of nitrogens with one attached hydrogen (secondary N) is 1. The number of nitrogen functional groups attached to an aromatic ring is 1. The molecule has 0 bridgehead atoms. The predicted molar refractivity (Wildman–Crippen MR) is 93.1 cm³/mol. The third-order valence-electron chi connectivity index (χ3n) is 3.38. The number of benzene rings is 1. The van der Waals surface area contributed by atoms with Gasteiger partial charge in [0.1, 0.15) is 18.0 Å². The van der Waals surface area contributed by atoms with E-state index in [1.807, 2.05) is 12.1 Å². The zero-order chi connectivity index (χ0) is 15.9. The Labute approximate surface area is 131 Å². The second kappa shape index (κ2) is 7.45. The first-order chi connectivity index (χ1) is 10.7. The fourth-order valence-corrected chi connectivity index (χ4v) is 2.19. The third-order valence-corrected chi connectivity index (χ3v) is 3.38. The van der Waals surface area contributed by atoms with E-state index in [1.165, 1.54) is 18.2 Å². The summed E-state index contributed by atoms with van der Waals surface area (Å²) in [6.45, 7) is 6.22. The molecular weight excluding hydrogens is 275 g/mol. The zero-order valence-electron chi connectivity index (χ0n) is 12.8. The van der Waals surface area contributed by atoms with Crippen LogP contribution in [-0.4, -0.2) is 37.3 Å². The smallest absolute Gasteiger partial charge is 0.259 e. The van der Waals surface area contributed by atoms with Crippen molar-refractivity contribution in [1.29, 1.82) is 0 Å². The topological polar surface area (TPSA) is 79.4 Å². The van der Waals surface area contributed by atoms with Gasteiger partial charge in [0.15, 0.2) is 0 Å². The number of hydrogen-bond donors (Lipinski definition) is 2. The van der Waals surface area contributed by atoms with E-state index >= 15 is 0 Å². The van der Waals surface area contributed by atoms with Crippen LogP contribution in [0.15, 0.2) is 35.5 Å². The summed E-state index contributed by atoms with van der Waals surface area (Å²) in [5.74, 6) is 0.892. The number of anilines is 4. The van der Waals surface area contributed by atoms with Crippen molar-refractivity contribution in [3.05, 3.63) is 36.2 Å². The Hall–Kier alpha value is -2.57. The minimum Gasteiger partial charge on any atom is -0.383 e. The van der Waals surface area contributed by atoms with E-state index in [0.717, 1.165) is 18.8 Å². The van der Waals surface area contributed by atoms with Crippen molar-refractivity contribution in [2.24, 2.45) is 4.90 Å². The summed E-state index contributed by atoms with van der Waals surface area (Å²) >= 11 is 0. The molecule has 3 N–H and O–H groups in total. The van der Waals surface area contributed by atoms with Crippen LogP contribution in [0, 0.1) is 0 Å². The lowest BCUT2D eigenvalue weighted by atomic mass is 10.2. The molecule has 0 fully saturated rings. The molecule has 0 aliphatic heterocycles. The van der Waals surface area contributed by atoms with E-state index in [-0.39, 0.29) is 0 Å². The summed E-state index contributed by atoms with van der Waals surface area (Å²) in [4.78, 5) is 13.9. The molecule has 1 aromatic carbocycles. The molecule has 0 spiro atoms. The molecule has 0 aliphatic carbocycles. The molecule has 0 saturated heterocycles. The molecular formula is C15H19BN6. The van der Waals surface area contributed by atoms with E-state index < -0.39 is 0 Å². The Morgan fingerprint density at radius 2 is 1.91 bits per heavy atom. The van der Waals surface area contributed by atoms with Crippen LogP contribution in [-0.2, 0) is 0 Å². The largest absolute Gasteiger partial charge is 0.383 e. The molecule has 0 unspecified atom stereocenters. The Morgan fingerprint density at radius 1 is 1.23 bits per heavy atom. The fourth-order valence-electron chi connectivity index (χ4n) is 2.19. The molecule has 2 rings (SSSR count). The van der Waals surface area contributed by atoms with Gasteiger partial charge < -0.3 is 20.9 Å². The van der Waals surface area contributed by atoms with Crippen LogP contribution in [0.5, 0.6) is 0 Å². The van der Waals surface area contributed by atoms with Crippen molar-refractivity contribution >= 4 is 37.2 Å². The second-order valence-corrected chi connectivity index (χ2v) is 4.64. The molecule has 1 aromatic heterocycles. The third kappa shape index (κ3) is 3.55. The highest BCUT2D eigenvalue weighted by Crippen LogP contribution is 2.23. The standard InChI is InChI=1S/C15H19BN6/c1-3-22(4-2)12-7-5-11(6-8-12)21-15-13(9-20-16)14(17)18-10-19-15/h5-10H,3-4H2,1-2H3,(H3,17,18,19,21). The van der Waals surface area contributed by atoms with Crippen molar-refractivity contribution in [1.82, 2.24) is 9.97 Å². The van der Waals surface area contributed by atoms with Crippen LogP contribution in [0.1, 0.15) is 19.4 Å². The molecule has 0 saturated carbocycles. The zero-order valence-corrected chi connectivity index (χ0v) is 12.8. The van der Waals surface area contributed by atoms with Gasteiger partial charge in [-0.25, -0.2) is 9.97 Å². The first-order valence-corrected chi connectivity index (χ1v) is 7.15. The maximum Gasteiger partial charge on any atom is 0.259 e. The number of nitrogens with zero attached hydrogens (tertiary/aromatic N) is 4. The fraction of sp³-hybridized carbons (Fsp3) is 0.267. The van der Waals surface area contributed by atoms with Crippen LogP contribution in [0.25, 0.3) is 0 Å². The van der Waals surface area contributed by atoms with Gasteiger partial charge >= 0.3 is 0 Å². The number of aromatic nitrogens is 2. The molecule has 0 aliphatic rings. The summed E-state index contributed by atoms with van der Waals surface area (Å²) in [5.41, 5.74) is 8.47. The molecule has 0 amide bonds. The van der Waals surface area contributed by atoms with Gasteiger partial charge in [-0.3, -0.25) is 0 Å². The Balaban J connectivity index is 2.23. The van der Waals surface area contributed by atoms with E-state index in [4.69, 9.17) is 13.7 Å². The van der Waals surface area contributed by atoms with Gasteiger partial charge in [-0.1, -0.05) is 0 Å². The highest BCUT2D eigenvalue weighted by molar-refractivity contribution is 6.12. The minimum absolute atomic E-state index is 0.325. The highest BCUT2D eigenvalue weighted by atomic mass is 15.1.